The van der Waals surface area contributed by atoms with Crippen molar-refractivity contribution in [2.24, 2.45) is 9.98 Å². The van der Waals surface area contributed by atoms with Crippen molar-refractivity contribution in [2.45, 2.75) is 33.9 Å². The molecular weight excluding hydrogens is 534 g/mol. The number of allylic oxidation sites excluding steroid dienone is 1. The highest BCUT2D eigenvalue weighted by Crippen LogP contribution is 2.37. The van der Waals surface area contributed by atoms with E-state index in [1.54, 1.807) is 24.9 Å². The molecule has 1 aromatic heterocycles. The number of aromatic nitrogens is 1. The summed E-state index contributed by atoms with van der Waals surface area (Å²) in [5.41, 5.74) is 3.78. The summed E-state index contributed by atoms with van der Waals surface area (Å²) in [7, 11) is 11.2. The van der Waals surface area contributed by atoms with Gasteiger partial charge in [-0.15, -0.1) is 0 Å². The number of benzene rings is 1. The first-order valence-electron chi connectivity index (χ1n) is 13.8. The van der Waals surface area contributed by atoms with Crippen LogP contribution in [0.25, 0.3) is 0 Å². The summed E-state index contributed by atoms with van der Waals surface area (Å²) in [5.74, 6) is 2.07. The largest absolute Gasteiger partial charge is 0.494 e. The van der Waals surface area contributed by atoms with Gasteiger partial charge in [0.1, 0.15) is 18.3 Å². The molecule has 0 saturated carbocycles. The Hall–Kier alpha value is -4.29. The van der Waals surface area contributed by atoms with Crippen molar-refractivity contribution in [2.75, 3.05) is 71.0 Å². The van der Waals surface area contributed by atoms with Crippen LogP contribution in [0.3, 0.4) is 0 Å². The van der Waals surface area contributed by atoms with E-state index >= 15 is 0 Å². The number of amidine groups is 1. The van der Waals surface area contributed by atoms with Crippen LogP contribution in [0.2, 0.25) is 0 Å². The number of likely N-dealkylation sites (N-methyl/N-ethyl adjacent to an activating group) is 2. The zero-order valence-corrected chi connectivity index (χ0v) is 26.4. The molecule has 1 amide bonds. The number of nitrogens with zero attached hydrogens (tertiary/aromatic N) is 6. The third-order valence-electron chi connectivity index (χ3n) is 6.69. The molecule has 0 aliphatic heterocycles. The second-order valence-corrected chi connectivity index (χ2v) is 9.98. The highest BCUT2D eigenvalue weighted by molar-refractivity contribution is 6.04. The Morgan fingerprint density at radius 1 is 1.17 bits per heavy atom. The third kappa shape index (κ3) is 9.11. The Balaban J connectivity index is 2.71. The zero-order valence-electron chi connectivity index (χ0n) is 26.4. The van der Waals surface area contributed by atoms with Gasteiger partial charge in [-0.3, -0.25) is 9.79 Å². The molecule has 0 bridgehead atoms. The van der Waals surface area contributed by atoms with Gasteiger partial charge in [-0.05, 0) is 58.1 Å². The summed E-state index contributed by atoms with van der Waals surface area (Å²) in [5, 5.41) is 19.5. The molecule has 0 unspecified atom stereocenters. The maximum Gasteiger partial charge on any atom is 0.247 e. The Kier molecular flexibility index (Phi) is 13.1. The molecule has 0 saturated heterocycles. The molecule has 1 heterocycles. The van der Waals surface area contributed by atoms with Gasteiger partial charge in [-0.25, -0.2) is 0 Å². The van der Waals surface area contributed by atoms with Crippen LogP contribution in [0.5, 0.6) is 5.75 Å². The van der Waals surface area contributed by atoms with Gasteiger partial charge in [0.2, 0.25) is 11.9 Å². The minimum Gasteiger partial charge on any atom is -0.494 e. The second-order valence-electron chi connectivity index (χ2n) is 9.98. The molecular formula is C30H47N9O3. The van der Waals surface area contributed by atoms with Crippen LogP contribution in [0, 0.1) is 6.92 Å². The summed E-state index contributed by atoms with van der Waals surface area (Å²) >= 11 is 0. The van der Waals surface area contributed by atoms with Gasteiger partial charge >= 0.3 is 0 Å². The van der Waals surface area contributed by atoms with Crippen LogP contribution in [-0.4, -0.2) is 92.6 Å². The zero-order chi connectivity index (χ0) is 31.4. The van der Waals surface area contributed by atoms with E-state index < -0.39 is 0 Å². The van der Waals surface area contributed by atoms with Crippen molar-refractivity contribution in [1.29, 1.82) is 0 Å². The number of nitrogens with one attached hydrogen (secondary N) is 3. The minimum absolute atomic E-state index is 0.219. The van der Waals surface area contributed by atoms with Crippen molar-refractivity contribution in [1.82, 2.24) is 19.7 Å². The molecule has 0 fully saturated rings. The molecule has 4 N–H and O–H groups in total. The van der Waals surface area contributed by atoms with E-state index in [9.17, 15) is 9.90 Å². The quantitative estimate of drug-likeness (QED) is 0.160. The fourth-order valence-corrected chi connectivity index (χ4v) is 3.98. The second kappa shape index (κ2) is 16.2. The first-order chi connectivity index (χ1) is 20.0. The summed E-state index contributed by atoms with van der Waals surface area (Å²) in [6.07, 6.45) is 5.59. The number of rotatable bonds is 13. The van der Waals surface area contributed by atoms with Gasteiger partial charge in [0.25, 0.3) is 0 Å². The summed E-state index contributed by atoms with van der Waals surface area (Å²) in [6.45, 7) is 10.8. The number of aryl methyl sites for hydroxylation is 1. The predicted octanol–water partition coefficient (Wildman–Crippen LogP) is 3.80. The van der Waals surface area contributed by atoms with Crippen LogP contribution < -0.4 is 25.6 Å². The van der Waals surface area contributed by atoms with Crippen molar-refractivity contribution in [3.8, 4) is 5.75 Å². The number of methoxy groups -OCH3 is 1. The molecule has 12 heteroatoms. The molecule has 12 nitrogen and oxygen atoms in total. The third-order valence-corrected chi connectivity index (χ3v) is 6.69. The minimum atomic E-state index is -0.328. The molecule has 0 radical (unpaired) electrons. The molecule has 0 spiro atoms. The van der Waals surface area contributed by atoms with Gasteiger partial charge in [0.15, 0.2) is 0 Å². The van der Waals surface area contributed by atoms with E-state index in [1.165, 1.54) is 6.08 Å². The van der Waals surface area contributed by atoms with E-state index in [2.05, 4.69) is 37.3 Å². The molecule has 2 aromatic rings. The number of aliphatic hydroxyl groups is 1. The van der Waals surface area contributed by atoms with E-state index in [0.717, 1.165) is 35.9 Å². The molecule has 0 aliphatic carbocycles. The maximum absolute atomic E-state index is 12.4. The van der Waals surface area contributed by atoms with Gasteiger partial charge < -0.3 is 45.1 Å². The van der Waals surface area contributed by atoms with Crippen molar-refractivity contribution in [3.63, 3.8) is 0 Å². The average Bonchev–Trinajstić information content (AvgIpc) is 3.33. The van der Waals surface area contributed by atoms with Crippen LogP contribution in [-0.2, 0) is 11.5 Å². The lowest BCUT2D eigenvalue weighted by Gasteiger charge is -2.28. The first-order valence-corrected chi connectivity index (χ1v) is 13.8. The fourth-order valence-electron chi connectivity index (χ4n) is 3.98. The monoisotopic (exact) mass is 581 g/mol. The highest BCUT2D eigenvalue weighted by Gasteiger charge is 2.20. The van der Waals surface area contributed by atoms with Gasteiger partial charge in [-0.2, -0.15) is 4.99 Å². The smallest absolute Gasteiger partial charge is 0.247 e. The predicted molar refractivity (Wildman–Crippen MR) is 174 cm³/mol. The maximum atomic E-state index is 12.4. The lowest BCUT2D eigenvalue weighted by Crippen LogP contribution is -2.34. The van der Waals surface area contributed by atoms with E-state index in [0.29, 0.717) is 35.3 Å². The number of carbonyl (C=O) groups excluding carboxylic acids is 1. The number of hydrogen-bond acceptors (Lipinski definition) is 7. The van der Waals surface area contributed by atoms with Gasteiger partial charge in [0, 0.05) is 58.4 Å². The number of amides is 1. The molecule has 0 atom stereocenters. The molecule has 1 aromatic carbocycles. The summed E-state index contributed by atoms with van der Waals surface area (Å²) in [4.78, 5) is 27.6. The van der Waals surface area contributed by atoms with Crippen LogP contribution >= 0.6 is 0 Å². The molecule has 2 rings (SSSR count). The number of ether oxygens (including phenoxy) is 1. The van der Waals surface area contributed by atoms with Crippen LogP contribution in [0.4, 0.5) is 22.9 Å². The number of carbonyl (C=O) groups is 1. The van der Waals surface area contributed by atoms with Crippen molar-refractivity contribution >= 4 is 40.6 Å². The average molecular weight is 582 g/mol. The lowest BCUT2D eigenvalue weighted by molar-refractivity contribution is -0.111. The van der Waals surface area contributed by atoms with E-state index in [-0.39, 0.29) is 12.6 Å². The number of guanidine groups is 1. The Labute approximate surface area is 250 Å². The topological polar surface area (TPSA) is 122 Å². The number of hydrogen-bond donors (Lipinski definition) is 4. The Morgan fingerprint density at radius 3 is 2.45 bits per heavy atom. The molecule has 42 heavy (non-hydrogen) atoms. The fraction of sp³-hybridized carbons (Fsp3) is 0.433. The SMILES string of the molecule is C=CC(=O)Nc1cc(NC(=Nc2c(C)ccn2CO)N(C)/C(=C/NC(C)=NC)CC)c(OC)cc1N(C)CCN(C)C. The summed E-state index contributed by atoms with van der Waals surface area (Å²) < 4.78 is 7.47. The van der Waals surface area contributed by atoms with Crippen LogP contribution in [0.1, 0.15) is 25.8 Å². The number of aliphatic hydroxyl groups excluding tert-OH is 1. The first kappa shape index (κ1) is 33.9. The Bertz CT molecular complexity index is 1310. The van der Waals surface area contributed by atoms with Gasteiger partial charge in [0.05, 0.1) is 30.0 Å². The Morgan fingerprint density at radius 2 is 1.88 bits per heavy atom. The van der Waals surface area contributed by atoms with Crippen molar-refractivity contribution < 1.29 is 14.6 Å². The lowest BCUT2D eigenvalue weighted by atomic mass is 10.2. The van der Waals surface area contributed by atoms with Crippen molar-refractivity contribution in [3.05, 3.63) is 54.5 Å². The molecule has 0 aliphatic rings. The summed E-state index contributed by atoms with van der Waals surface area (Å²) in [6, 6.07) is 5.60. The van der Waals surface area contributed by atoms with Crippen LogP contribution in [0.15, 0.2) is 58.9 Å². The van der Waals surface area contributed by atoms with E-state index in [4.69, 9.17) is 9.73 Å². The standard InChI is InChI=1S/C30H47N9O3/c1-11-23(19-32-22(4)31-5)38(9)30(35-29-21(3)13-14-39(29)20-40)34-25-17-24(33-28(41)12-2)26(18-27(25)42-10)37(8)16-15-36(6)7/h12-14,17-19,40H,2,11,15-16,20H2,1,3-10H3,(H,31,32)(H,33,41)(H,34,35)/b23-19+. The number of aliphatic imine (C=N–C) groups is 2. The molecule has 230 valence electrons. The highest BCUT2D eigenvalue weighted by atomic mass is 16.5. The normalized spacial score (nSPS) is 12.3. The van der Waals surface area contributed by atoms with E-state index in [1.807, 2.05) is 78.3 Å². The van der Waals surface area contributed by atoms with Gasteiger partial charge in [-0.1, -0.05) is 13.5 Å². The number of anilines is 3.